The summed E-state index contributed by atoms with van der Waals surface area (Å²) in [6, 6.07) is 11.4. The molecule has 0 saturated carbocycles. The van der Waals surface area contributed by atoms with Gasteiger partial charge in [0.2, 0.25) is 0 Å². The second kappa shape index (κ2) is 6.75. The number of amides is 1. The zero-order valence-corrected chi connectivity index (χ0v) is 15.8. The van der Waals surface area contributed by atoms with Crippen LogP contribution in [0.2, 0.25) is 0 Å². The van der Waals surface area contributed by atoms with Crippen molar-refractivity contribution < 1.29 is 13.9 Å². The molecule has 138 valence electrons. The first-order valence-corrected chi connectivity index (χ1v) is 9.05. The average Bonchev–Trinajstić information content (AvgIpc) is 2.77. The lowest BCUT2D eigenvalue weighted by Crippen LogP contribution is -2.25. The summed E-state index contributed by atoms with van der Waals surface area (Å²) in [5.41, 5.74) is 9.29. The first-order chi connectivity index (χ1) is 12.2. The third-order valence-corrected chi connectivity index (χ3v) is 5.01. The van der Waals surface area contributed by atoms with Crippen LogP contribution in [0, 0.1) is 17.2 Å². The van der Waals surface area contributed by atoms with E-state index in [2.05, 4.69) is 26.0 Å². The minimum absolute atomic E-state index is 0.309. The summed E-state index contributed by atoms with van der Waals surface area (Å²) in [5, 5.41) is 0. The predicted molar refractivity (Wildman–Crippen MR) is 101 cm³/mol. The molecule has 4 heteroatoms. The standard InChI is InChI=1S/C22H26FNO2/c1-13(2)9-14-5-7-15(8-6-14)17-10-16-12-22(3,4)20(26-21(24)25)18(16)11-19(17)23/h5-8,10-11,13,20H,9,12H2,1-4H3,(H2,24,25)/t20-/m0/s1. The Kier molecular flexibility index (Phi) is 4.78. The number of carbonyl (C=O) groups excluding carboxylic acids is 1. The summed E-state index contributed by atoms with van der Waals surface area (Å²) in [7, 11) is 0. The van der Waals surface area contributed by atoms with E-state index in [0.29, 0.717) is 23.5 Å². The summed E-state index contributed by atoms with van der Waals surface area (Å²) < 4.78 is 20.1. The summed E-state index contributed by atoms with van der Waals surface area (Å²) in [4.78, 5) is 11.2. The van der Waals surface area contributed by atoms with Gasteiger partial charge in [0.25, 0.3) is 0 Å². The maximum atomic E-state index is 14.8. The van der Waals surface area contributed by atoms with E-state index >= 15 is 0 Å². The molecule has 0 aromatic heterocycles. The second-order valence-electron chi connectivity index (χ2n) is 8.31. The van der Waals surface area contributed by atoms with Crippen molar-refractivity contribution in [3.63, 3.8) is 0 Å². The number of fused-ring (bicyclic) bond motifs is 1. The lowest BCUT2D eigenvalue weighted by Gasteiger charge is -2.26. The summed E-state index contributed by atoms with van der Waals surface area (Å²) in [6.45, 7) is 8.36. The molecule has 1 atom stereocenters. The maximum Gasteiger partial charge on any atom is 0.405 e. The molecule has 0 radical (unpaired) electrons. The SMILES string of the molecule is CC(C)Cc1ccc(-c2cc3c(cc2F)[C@H](OC(N)=O)C(C)(C)C3)cc1. The van der Waals surface area contributed by atoms with Crippen LogP contribution in [-0.2, 0) is 17.6 Å². The maximum absolute atomic E-state index is 14.8. The van der Waals surface area contributed by atoms with Crippen LogP contribution >= 0.6 is 0 Å². The Balaban J connectivity index is 1.96. The third kappa shape index (κ3) is 3.59. The molecule has 3 nitrogen and oxygen atoms in total. The molecule has 1 amide bonds. The van der Waals surface area contributed by atoms with Crippen molar-refractivity contribution >= 4 is 6.09 Å². The number of nitrogens with two attached hydrogens (primary N) is 1. The highest BCUT2D eigenvalue weighted by Crippen LogP contribution is 2.48. The molecular formula is C22H26FNO2. The van der Waals surface area contributed by atoms with Crippen LogP contribution in [0.4, 0.5) is 9.18 Å². The fraction of sp³-hybridized carbons (Fsp3) is 0.409. The molecule has 1 aliphatic rings. The van der Waals surface area contributed by atoms with Crippen LogP contribution in [0.5, 0.6) is 0 Å². The Labute approximate surface area is 154 Å². The van der Waals surface area contributed by atoms with E-state index in [0.717, 1.165) is 17.5 Å². The van der Waals surface area contributed by atoms with Crippen molar-refractivity contribution in [2.75, 3.05) is 0 Å². The molecule has 0 spiro atoms. The van der Waals surface area contributed by atoms with Gasteiger partial charge in [-0.1, -0.05) is 52.0 Å². The highest BCUT2D eigenvalue weighted by atomic mass is 19.1. The van der Waals surface area contributed by atoms with Crippen molar-refractivity contribution in [1.82, 2.24) is 0 Å². The van der Waals surface area contributed by atoms with E-state index in [1.807, 2.05) is 32.0 Å². The molecule has 0 bridgehead atoms. The van der Waals surface area contributed by atoms with Gasteiger partial charge in [-0.25, -0.2) is 9.18 Å². The Morgan fingerprint density at radius 2 is 1.92 bits per heavy atom. The molecule has 2 aromatic carbocycles. The van der Waals surface area contributed by atoms with Gasteiger partial charge in [-0.2, -0.15) is 0 Å². The number of halogens is 1. The fourth-order valence-corrected chi connectivity index (χ4v) is 3.89. The van der Waals surface area contributed by atoms with Crippen molar-refractivity contribution in [2.45, 2.75) is 46.6 Å². The van der Waals surface area contributed by atoms with Crippen LogP contribution in [-0.4, -0.2) is 6.09 Å². The van der Waals surface area contributed by atoms with Crippen molar-refractivity contribution in [3.05, 3.63) is 58.9 Å². The second-order valence-corrected chi connectivity index (χ2v) is 8.31. The fourth-order valence-electron chi connectivity index (χ4n) is 3.89. The van der Waals surface area contributed by atoms with Crippen LogP contribution in [0.25, 0.3) is 11.1 Å². The number of primary amides is 1. The Hall–Kier alpha value is -2.36. The molecule has 2 aromatic rings. The minimum atomic E-state index is -0.832. The number of benzene rings is 2. The highest BCUT2D eigenvalue weighted by Gasteiger charge is 2.42. The zero-order valence-electron chi connectivity index (χ0n) is 15.8. The molecule has 3 rings (SSSR count). The highest BCUT2D eigenvalue weighted by molar-refractivity contribution is 5.68. The molecule has 0 saturated heterocycles. The van der Waals surface area contributed by atoms with E-state index in [1.54, 1.807) is 0 Å². The molecular weight excluding hydrogens is 329 g/mol. The smallest absolute Gasteiger partial charge is 0.405 e. The van der Waals surface area contributed by atoms with Crippen LogP contribution < -0.4 is 5.73 Å². The van der Waals surface area contributed by atoms with E-state index in [9.17, 15) is 9.18 Å². The molecule has 0 fully saturated rings. The lowest BCUT2D eigenvalue weighted by molar-refractivity contribution is 0.0391. The van der Waals surface area contributed by atoms with Gasteiger partial charge in [0.1, 0.15) is 11.9 Å². The quantitative estimate of drug-likeness (QED) is 0.797. The summed E-state index contributed by atoms with van der Waals surface area (Å²) in [5.74, 6) is 0.276. The molecule has 2 N–H and O–H groups in total. The molecule has 0 aliphatic heterocycles. The van der Waals surface area contributed by atoms with Gasteiger partial charge in [-0.3, -0.25) is 0 Å². The normalized spacial score (nSPS) is 18.0. The van der Waals surface area contributed by atoms with Crippen LogP contribution in [0.15, 0.2) is 36.4 Å². The number of hydrogen-bond donors (Lipinski definition) is 1. The summed E-state index contributed by atoms with van der Waals surface area (Å²) >= 11 is 0. The molecule has 0 heterocycles. The Bertz CT molecular complexity index is 825. The van der Waals surface area contributed by atoms with E-state index < -0.39 is 12.2 Å². The minimum Gasteiger partial charge on any atom is -0.441 e. The number of ether oxygens (including phenoxy) is 1. The number of carbonyl (C=O) groups is 1. The van der Waals surface area contributed by atoms with Gasteiger partial charge in [-0.05, 0) is 53.1 Å². The average molecular weight is 355 g/mol. The van der Waals surface area contributed by atoms with Gasteiger partial charge < -0.3 is 10.5 Å². The van der Waals surface area contributed by atoms with E-state index in [4.69, 9.17) is 10.5 Å². The molecule has 26 heavy (non-hydrogen) atoms. The van der Waals surface area contributed by atoms with Crippen molar-refractivity contribution in [3.8, 4) is 11.1 Å². The lowest BCUT2D eigenvalue weighted by atomic mass is 9.87. The first-order valence-electron chi connectivity index (χ1n) is 9.05. The predicted octanol–water partition coefficient (Wildman–Crippen LogP) is 5.41. The first kappa shape index (κ1) is 18.4. The largest absolute Gasteiger partial charge is 0.441 e. The zero-order chi connectivity index (χ0) is 19.1. The van der Waals surface area contributed by atoms with Gasteiger partial charge in [-0.15, -0.1) is 0 Å². The monoisotopic (exact) mass is 355 g/mol. The van der Waals surface area contributed by atoms with Gasteiger partial charge in [0.05, 0.1) is 0 Å². The van der Waals surface area contributed by atoms with Gasteiger partial charge >= 0.3 is 6.09 Å². The number of hydrogen-bond acceptors (Lipinski definition) is 2. The molecule has 0 unspecified atom stereocenters. The van der Waals surface area contributed by atoms with Gasteiger partial charge in [0.15, 0.2) is 0 Å². The summed E-state index contributed by atoms with van der Waals surface area (Å²) in [6.07, 6.45) is 0.361. The number of rotatable bonds is 4. The van der Waals surface area contributed by atoms with Crippen molar-refractivity contribution in [2.24, 2.45) is 17.1 Å². The van der Waals surface area contributed by atoms with E-state index in [-0.39, 0.29) is 11.2 Å². The van der Waals surface area contributed by atoms with E-state index in [1.165, 1.54) is 11.6 Å². The van der Waals surface area contributed by atoms with Crippen molar-refractivity contribution in [1.29, 1.82) is 0 Å². The van der Waals surface area contributed by atoms with Crippen LogP contribution in [0.1, 0.15) is 50.5 Å². The third-order valence-electron chi connectivity index (χ3n) is 5.01. The van der Waals surface area contributed by atoms with Gasteiger partial charge in [0, 0.05) is 11.0 Å². The van der Waals surface area contributed by atoms with Crippen LogP contribution in [0.3, 0.4) is 0 Å². The topological polar surface area (TPSA) is 52.3 Å². The Morgan fingerprint density at radius 3 is 2.50 bits per heavy atom. The molecule has 1 aliphatic carbocycles. The Morgan fingerprint density at radius 1 is 1.27 bits per heavy atom.